The van der Waals surface area contributed by atoms with Crippen molar-refractivity contribution in [3.8, 4) is 0 Å². The number of amides is 1. The number of nitrogens with one attached hydrogen (secondary N) is 2. The number of carbonyl (C=O) groups is 1. The number of carboxylic acid groups (broad SMARTS) is 1. The highest BCUT2D eigenvalue weighted by Gasteiger charge is 2.21. The lowest BCUT2D eigenvalue weighted by Gasteiger charge is -2.12. The van der Waals surface area contributed by atoms with Gasteiger partial charge in [0.1, 0.15) is 11.4 Å². The number of aryl methyl sites for hydroxylation is 1. The number of benzene rings is 2. The van der Waals surface area contributed by atoms with E-state index in [-0.39, 0.29) is 12.2 Å². The molecule has 8 nitrogen and oxygen atoms in total. The van der Waals surface area contributed by atoms with Crippen LogP contribution in [0.25, 0.3) is 10.9 Å². The Kier molecular flexibility index (Phi) is 5.16. The Bertz CT molecular complexity index is 1000. The van der Waals surface area contributed by atoms with Crippen molar-refractivity contribution in [2.75, 3.05) is 5.32 Å². The van der Waals surface area contributed by atoms with E-state index in [2.05, 4.69) is 15.6 Å². The molecule has 0 spiro atoms. The van der Waals surface area contributed by atoms with Crippen molar-refractivity contribution in [1.82, 2.24) is 10.3 Å². The van der Waals surface area contributed by atoms with Crippen LogP contribution in [0.2, 0.25) is 0 Å². The van der Waals surface area contributed by atoms with Crippen molar-refractivity contribution in [2.45, 2.75) is 20.0 Å². The first-order valence-electron chi connectivity index (χ1n) is 8.28. The lowest BCUT2D eigenvalue weighted by molar-refractivity contribution is -0.384. The van der Waals surface area contributed by atoms with Gasteiger partial charge in [-0.1, -0.05) is 42.5 Å². The molecule has 0 saturated carbocycles. The first-order valence-corrected chi connectivity index (χ1v) is 8.28. The van der Waals surface area contributed by atoms with Gasteiger partial charge >= 0.3 is 11.8 Å². The van der Waals surface area contributed by atoms with Crippen molar-refractivity contribution < 1.29 is 14.8 Å². The molecule has 3 aromatic rings. The zero-order valence-corrected chi connectivity index (χ0v) is 14.6. The van der Waals surface area contributed by atoms with Crippen LogP contribution in [0.4, 0.5) is 16.2 Å². The summed E-state index contributed by atoms with van der Waals surface area (Å²) >= 11 is 0. The van der Waals surface area contributed by atoms with Crippen LogP contribution in [0.3, 0.4) is 0 Å². The molecule has 0 aliphatic heterocycles. The Morgan fingerprint density at radius 1 is 1.11 bits per heavy atom. The third kappa shape index (κ3) is 4.12. The number of aromatic nitrogens is 1. The van der Waals surface area contributed by atoms with Gasteiger partial charge in [-0.15, -0.1) is 0 Å². The molecule has 27 heavy (non-hydrogen) atoms. The van der Waals surface area contributed by atoms with Gasteiger partial charge in [-0.2, -0.15) is 0 Å². The van der Waals surface area contributed by atoms with Crippen LogP contribution in [-0.2, 0) is 13.1 Å². The smallest absolute Gasteiger partial charge is 0.404 e. The molecule has 1 heterocycles. The predicted octanol–water partition coefficient (Wildman–Crippen LogP) is 3.83. The number of anilines is 1. The van der Waals surface area contributed by atoms with Gasteiger partial charge in [-0.3, -0.25) is 10.1 Å². The molecule has 1 amide bonds. The molecule has 3 N–H and O–H groups in total. The van der Waals surface area contributed by atoms with E-state index in [4.69, 9.17) is 5.11 Å². The van der Waals surface area contributed by atoms with E-state index in [0.29, 0.717) is 28.8 Å². The first kappa shape index (κ1) is 18.1. The van der Waals surface area contributed by atoms with Crippen molar-refractivity contribution in [2.24, 2.45) is 0 Å². The van der Waals surface area contributed by atoms with Crippen LogP contribution in [0.1, 0.15) is 16.8 Å². The molecule has 0 saturated heterocycles. The molecule has 0 bridgehead atoms. The lowest BCUT2D eigenvalue weighted by atomic mass is 10.1. The molecule has 138 valence electrons. The van der Waals surface area contributed by atoms with Crippen LogP contribution < -0.4 is 10.6 Å². The van der Waals surface area contributed by atoms with E-state index >= 15 is 0 Å². The van der Waals surface area contributed by atoms with Gasteiger partial charge in [0.2, 0.25) is 0 Å². The molecular formula is C19H18N4O4. The number of hydrogen-bond acceptors (Lipinski definition) is 5. The number of para-hydroxylation sites is 1. The second-order valence-electron chi connectivity index (χ2n) is 6.02. The summed E-state index contributed by atoms with van der Waals surface area (Å²) in [5.41, 5.74) is 3.21. The van der Waals surface area contributed by atoms with E-state index in [0.717, 1.165) is 11.1 Å². The van der Waals surface area contributed by atoms with Crippen molar-refractivity contribution in [3.63, 3.8) is 0 Å². The van der Waals surface area contributed by atoms with Gasteiger partial charge in [-0.25, -0.2) is 9.78 Å². The molecule has 0 aliphatic rings. The minimum absolute atomic E-state index is 0.0315. The van der Waals surface area contributed by atoms with Crippen LogP contribution in [0.15, 0.2) is 48.5 Å². The molecule has 0 aliphatic carbocycles. The van der Waals surface area contributed by atoms with Crippen LogP contribution >= 0.6 is 0 Å². The Balaban J connectivity index is 1.85. The lowest BCUT2D eigenvalue weighted by Crippen LogP contribution is -2.19. The van der Waals surface area contributed by atoms with Crippen molar-refractivity contribution in [3.05, 3.63) is 75.5 Å². The number of pyridine rings is 1. The molecule has 0 radical (unpaired) electrons. The average molecular weight is 366 g/mol. The maximum absolute atomic E-state index is 11.5. The number of fused-ring (bicyclic) bond motifs is 1. The van der Waals surface area contributed by atoms with Crippen LogP contribution in [0, 0.1) is 17.0 Å². The van der Waals surface area contributed by atoms with Gasteiger partial charge in [0.05, 0.1) is 10.4 Å². The maximum Gasteiger partial charge on any atom is 0.404 e. The van der Waals surface area contributed by atoms with E-state index in [1.807, 2.05) is 42.5 Å². The number of hydrogen-bond donors (Lipinski definition) is 3. The van der Waals surface area contributed by atoms with E-state index in [1.165, 1.54) is 0 Å². The molecule has 0 unspecified atom stereocenters. The largest absolute Gasteiger partial charge is 0.465 e. The van der Waals surface area contributed by atoms with Crippen molar-refractivity contribution in [1.29, 1.82) is 0 Å². The minimum atomic E-state index is -1.08. The first-order chi connectivity index (χ1) is 13.0. The van der Waals surface area contributed by atoms with E-state index in [1.54, 1.807) is 13.0 Å². The number of nitro groups is 1. The summed E-state index contributed by atoms with van der Waals surface area (Å²) in [6.07, 6.45) is -1.08. The van der Waals surface area contributed by atoms with Gasteiger partial charge in [0, 0.05) is 18.5 Å². The Morgan fingerprint density at radius 2 is 1.74 bits per heavy atom. The fourth-order valence-corrected chi connectivity index (χ4v) is 2.87. The summed E-state index contributed by atoms with van der Waals surface area (Å²) in [7, 11) is 0. The standard InChI is InChI=1S/C19H18N4O4/c1-12-18(23(26)27)17(15-4-2-3-5-16(15)22-12)20-10-13-6-8-14(9-7-13)11-21-19(24)25/h2-9,21H,10-11H2,1H3,(H,20,22)(H,24,25). The average Bonchev–Trinajstić information content (AvgIpc) is 2.64. The fraction of sp³-hybridized carbons (Fsp3) is 0.158. The monoisotopic (exact) mass is 366 g/mol. The van der Waals surface area contributed by atoms with Gasteiger partial charge < -0.3 is 15.7 Å². The second-order valence-corrected chi connectivity index (χ2v) is 6.02. The Morgan fingerprint density at radius 3 is 2.37 bits per heavy atom. The van der Waals surface area contributed by atoms with E-state index in [9.17, 15) is 14.9 Å². The van der Waals surface area contributed by atoms with E-state index < -0.39 is 11.0 Å². The van der Waals surface area contributed by atoms with Crippen LogP contribution in [0.5, 0.6) is 0 Å². The zero-order chi connectivity index (χ0) is 19.4. The zero-order valence-electron chi connectivity index (χ0n) is 14.6. The summed E-state index contributed by atoms with van der Waals surface area (Å²) in [4.78, 5) is 26.0. The molecule has 1 aromatic heterocycles. The predicted molar refractivity (Wildman–Crippen MR) is 102 cm³/mol. The summed E-state index contributed by atoms with van der Waals surface area (Å²) in [5, 5.41) is 26.3. The summed E-state index contributed by atoms with van der Waals surface area (Å²) < 4.78 is 0. The summed E-state index contributed by atoms with van der Waals surface area (Å²) in [6, 6.07) is 14.6. The summed E-state index contributed by atoms with van der Waals surface area (Å²) in [6.45, 7) is 2.24. The van der Waals surface area contributed by atoms with Crippen molar-refractivity contribution >= 4 is 28.4 Å². The summed E-state index contributed by atoms with van der Waals surface area (Å²) in [5.74, 6) is 0. The highest BCUT2D eigenvalue weighted by Crippen LogP contribution is 2.34. The van der Waals surface area contributed by atoms with Crippen LogP contribution in [-0.4, -0.2) is 21.1 Å². The van der Waals surface area contributed by atoms with Gasteiger partial charge in [0.25, 0.3) is 0 Å². The fourth-order valence-electron chi connectivity index (χ4n) is 2.87. The maximum atomic E-state index is 11.5. The molecular weight excluding hydrogens is 348 g/mol. The molecule has 2 aromatic carbocycles. The SMILES string of the molecule is Cc1nc2ccccc2c(NCc2ccc(CNC(=O)O)cc2)c1[N+](=O)[O-]. The minimum Gasteiger partial charge on any atom is -0.465 e. The molecule has 3 rings (SSSR count). The highest BCUT2D eigenvalue weighted by atomic mass is 16.6. The normalized spacial score (nSPS) is 10.6. The number of rotatable bonds is 6. The second kappa shape index (κ2) is 7.69. The molecule has 0 fully saturated rings. The molecule has 8 heteroatoms. The Labute approximate surface area is 155 Å². The highest BCUT2D eigenvalue weighted by molar-refractivity contribution is 5.96. The topological polar surface area (TPSA) is 117 Å². The third-order valence-electron chi connectivity index (χ3n) is 4.16. The van der Waals surface area contributed by atoms with Gasteiger partial charge in [-0.05, 0) is 24.1 Å². The Hall–Kier alpha value is -3.68. The number of nitrogens with zero attached hydrogens (tertiary/aromatic N) is 2. The quantitative estimate of drug-likeness (QED) is 0.451. The third-order valence-corrected chi connectivity index (χ3v) is 4.16. The molecule has 0 atom stereocenters. The van der Waals surface area contributed by atoms with Gasteiger partial charge in [0.15, 0.2) is 0 Å².